The molecule has 0 radical (unpaired) electrons. The fraction of sp³-hybridized carbons (Fsp3) is 0.133. The van der Waals surface area contributed by atoms with Crippen LogP contribution in [0.25, 0.3) is 0 Å². The van der Waals surface area contributed by atoms with Crippen molar-refractivity contribution in [3.63, 3.8) is 0 Å². The quantitative estimate of drug-likeness (QED) is 0.855. The number of anilines is 1. The molecule has 0 aliphatic heterocycles. The Morgan fingerprint density at radius 2 is 1.90 bits per heavy atom. The van der Waals surface area contributed by atoms with E-state index in [1.165, 1.54) is 7.11 Å². The SMILES string of the molecule is COC(=O)C(Nc1ccccc1Cl)c1cccc(Cl)c1. The van der Waals surface area contributed by atoms with Gasteiger partial charge in [0.05, 0.1) is 17.8 Å². The minimum atomic E-state index is -0.668. The van der Waals surface area contributed by atoms with Gasteiger partial charge in [-0.05, 0) is 29.8 Å². The summed E-state index contributed by atoms with van der Waals surface area (Å²) in [6.07, 6.45) is 0. The summed E-state index contributed by atoms with van der Waals surface area (Å²) >= 11 is 12.1. The van der Waals surface area contributed by atoms with Crippen molar-refractivity contribution >= 4 is 34.9 Å². The fourth-order valence-corrected chi connectivity index (χ4v) is 2.21. The van der Waals surface area contributed by atoms with Crippen LogP contribution in [-0.2, 0) is 9.53 Å². The van der Waals surface area contributed by atoms with Gasteiger partial charge in [0.1, 0.15) is 0 Å². The van der Waals surface area contributed by atoms with Gasteiger partial charge in [0.15, 0.2) is 6.04 Å². The van der Waals surface area contributed by atoms with E-state index in [4.69, 9.17) is 27.9 Å². The summed E-state index contributed by atoms with van der Waals surface area (Å²) in [5, 5.41) is 4.16. The third-order valence-electron chi connectivity index (χ3n) is 2.79. The molecule has 104 valence electrons. The van der Waals surface area contributed by atoms with Crippen molar-refractivity contribution in [3.05, 3.63) is 64.1 Å². The topological polar surface area (TPSA) is 38.3 Å². The lowest BCUT2D eigenvalue weighted by Gasteiger charge is -2.19. The van der Waals surface area contributed by atoms with E-state index in [9.17, 15) is 4.79 Å². The summed E-state index contributed by atoms with van der Waals surface area (Å²) in [4.78, 5) is 12.0. The van der Waals surface area contributed by atoms with Gasteiger partial charge in [-0.25, -0.2) is 4.79 Å². The molecule has 1 atom stereocenters. The van der Waals surface area contributed by atoms with Gasteiger partial charge >= 0.3 is 5.97 Å². The van der Waals surface area contributed by atoms with Crippen LogP contribution in [-0.4, -0.2) is 13.1 Å². The molecule has 0 bridgehead atoms. The van der Waals surface area contributed by atoms with Crippen molar-refractivity contribution in [2.75, 3.05) is 12.4 Å². The molecule has 0 saturated carbocycles. The Morgan fingerprint density at radius 3 is 2.55 bits per heavy atom. The van der Waals surface area contributed by atoms with E-state index in [1.807, 2.05) is 12.1 Å². The molecule has 1 unspecified atom stereocenters. The first-order valence-electron chi connectivity index (χ1n) is 5.96. The molecule has 0 aliphatic carbocycles. The molecule has 20 heavy (non-hydrogen) atoms. The van der Waals surface area contributed by atoms with E-state index in [-0.39, 0.29) is 0 Å². The van der Waals surface area contributed by atoms with E-state index < -0.39 is 12.0 Å². The molecule has 0 aromatic heterocycles. The molecule has 0 aliphatic rings. The highest BCUT2D eigenvalue weighted by Gasteiger charge is 2.22. The first-order valence-corrected chi connectivity index (χ1v) is 6.72. The van der Waals surface area contributed by atoms with E-state index in [0.29, 0.717) is 21.3 Å². The van der Waals surface area contributed by atoms with Crippen LogP contribution in [0, 0.1) is 0 Å². The number of hydrogen-bond acceptors (Lipinski definition) is 3. The number of benzene rings is 2. The van der Waals surface area contributed by atoms with Crippen molar-refractivity contribution < 1.29 is 9.53 Å². The lowest BCUT2D eigenvalue weighted by atomic mass is 10.1. The number of ether oxygens (including phenoxy) is 1. The Morgan fingerprint density at radius 1 is 1.15 bits per heavy atom. The number of carbonyl (C=O) groups excluding carboxylic acids is 1. The number of esters is 1. The smallest absolute Gasteiger partial charge is 0.332 e. The maximum Gasteiger partial charge on any atom is 0.332 e. The Labute approximate surface area is 127 Å². The average molecular weight is 310 g/mol. The van der Waals surface area contributed by atoms with Crippen molar-refractivity contribution in [1.29, 1.82) is 0 Å². The number of hydrogen-bond donors (Lipinski definition) is 1. The zero-order chi connectivity index (χ0) is 14.5. The van der Waals surface area contributed by atoms with E-state index in [2.05, 4.69) is 5.32 Å². The second-order valence-electron chi connectivity index (χ2n) is 4.14. The van der Waals surface area contributed by atoms with Gasteiger partial charge in [0.2, 0.25) is 0 Å². The molecular formula is C15H13Cl2NO2. The van der Waals surface area contributed by atoms with Crippen LogP contribution >= 0.6 is 23.2 Å². The van der Waals surface area contributed by atoms with Crippen LogP contribution in [0.15, 0.2) is 48.5 Å². The highest BCUT2D eigenvalue weighted by molar-refractivity contribution is 6.33. The monoisotopic (exact) mass is 309 g/mol. The van der Waals surface area contributed by atoms with Gasteiger partial charge in [-0.2, -0.15) is 0 Å². The van der Waals surface area contributed by atoms with E-state index in [1.54, 1.807) is 36.4 Å². The lowest BCUT2D eigenvalue weighted by molar-refractivity contribution is -0.141. The Hall–Kier alpha value is -1.71. The van der Waals surface area contributed by atoms with Crippen LogP contribution in [0.3, 0.4) is 0 Å². The maximum atomic E-state index is 12.0. The number of halogens is 2. The Balaban J connectivity index is 2.34. The molecule has 0 saturated heterocycles. The van der Waals surface area contributed by atoms with Gasteiger partial charge < -0.3 is 10.1 Å². The van der Waals surface area contributed by atoms with Crippen molar-refractivity contribution in [1.82, 2.24) is 0 Å². The summed E-state index contributed by atoms with van der Waals surface area (Å²) < 4.78 is 4.83. The molecule has 2 aromatic carbocycles. The number of nitrogens with one attached hydrogen (secondary N) is 1. The second kappa shape index (κ2) is 6.64. The largest absolute Gasteiger partial charge is 0.467 e. The predicted molar refractivity (Wildman–Crippen MR) is 81.3 cm³/mol. The Kier molecular flexibility index (Phi) is 4.88. The zero-order valence-electron chi connectivity index (χ0n) is 10.8. The van der Waals surface area contributed by atoms with Crippen molar-refractivity contribution in [2.45, 2.75) is 6.04 Å². The standard InChI is InChI=1S/C15H13Cl2NO2/c1-20-15(19)14(10-5-4-6-11(16)9-10)18-13-8-3-2-7-12(13)17/h2-9,14,18H,1H3. The van der Waals surface area contributed by atoms with Crippen molar-refractivity contribution in [2.24, 2.45) is 0 Å². The van der Waals surface area contributed by atoms with Crippen molar-refractivity contribution in [3.8, 4) is 0 Å². The van der Waals surface area contributed by atoms with E-state index >= 15 is 0 Å². The highest BCUT2D eigenvalue weighted by Crippen LogP contribution is 2.27. The number of para-hydroxylation sites is 1. The summed E-state index contributed by atoms with van der Waals surface area (Å²) in [5.74, 6) is -0.410. The first kappa shape index (κ1) is 14.7. The molecule has 2 aromatic rings. The van der Waals surface area contributed by atoms with E-state index in [0.717, 1.165) is 0 Å². The molecule has 2 rings (SSSR count). The highest BCUT2D eigenvalue weighted by atomic mass is 35.5. The normalized spacial score (nSPS) is 11.8. The van der Waals surface area contributed by atoms with Gasteiger partial charge in [-0.1, -0.05) is 47.5 Å². The third kappa shape index (κ3) is 3.44. The molecule has 0 amide bonds. The van der Waals surface area contributed by atoms with Crippen LogP contribution in [0.2, 0.25) is 10.0 Å². The summed E-state index contributed by atoms with van der Waals surface area (Å²) in [5.41, 5.74) is 1.37. The Bertz CT molecular complexity index is 616. The minimum absolute atomic E-state index is 0.410. The van der Waals surface area contributed by atoms with Crippen LogP contribution < -0.4 is 5.32 Å². The number of carbonyl (C=O) groups is 1. The summed E-state index contributed by atoms with van der Waals surface area (Å²) in [6, 6.07) is 13.6. The summed E-state index contributed by atoms with van der Waals surface area (Å²) in [7, 11) is 1.34. The van der Waals surface area contributed by atoms with Gasteiger partial charge in [0.25, 0.3) is 0 Å². The molecule has 0 spiro atoms. The molecule has 3 nitrogen and oxygen atoms in total. The number of rotatable bonds is 4. The molecule has 5 heteroatoms. The summed E-state index contributed by atoms with van der Waals surface area (Å²) in [6.45, 7) is 0. The maximum absolute atomic E-state index is 12.0. The zero-order valence-corrected chi connectivity index (χ0v) is 12.3. The molecule has 1 N–H and O–H groups in total. The fourth-order valence-electron chi connectivity index (χ4n) is 1.82. The molecular weight excluding hydrogens is 297 g/mol. The van der Waals surface area contributed by atoms with Crippen LogP contribution in [0.1, 0.15) is 11.6 Å². The van der Waals surface area contributed by atoms with Gasteiger partial charge in [-0.15, -0.1) is 0 Å². The predicted octanol–water partition coefficient (Wildman–Crippen LogP) is 4.32. The minimum Gasteiger partial charge on any atom is -0.467 e. The second-order valence-corrected chi connectivity index (χ2v) is 4.98. The third-order valence-corrected chi connectivity index (χ3v) is 3.36. The molecule has 0 fully saturated rings. The van der Waals surface area contributed by atoms with Crippen LogP contribution in [0.5, 0.6) is 0 Å². The van der Waals surface area contributed by atoms with Crippen LogP contribution in [0.4, 0.5) is 5.69 Å². The van der Waals surface area contributed by atoms with Gasteiger partial charge in [0, 0.05) is 5.02 Å². The van der Waals surface area contributed by atoms with Gasteiger partial charge in [-0.3, -0.25) is 0 Å². The lowest BCUT2D eigenvalue weighted by Crippen LogP contribution is -2.22. The number of methoxy groups -OCH3 is 1. The molecule has 0 heterocycles. The first-order chi connectivity index (χ1) is 9.61. The average Bonchev–Trinajstić information content (AvgIpc) is 2.45.